The van der Waals surface area contributed by atoms with Gasteiger partial charge in [-0.05, 0) is 13.0 Å². The lowest BCUT2D eigenvalue weighted by Crippen LogP contribution is -2.60. The van der Waals surface area contributed by atoms with Crippen LogP contribution in [0.1, 0.15) is 16.2 Å². The molecule has 118 valence electrons. The van der Waals surface area contributed by atoms with Gasteiger partial charge in [-0.3, -0.25) is 9.48 Å². The number of carbonyl (C=O) groups is 1. The molecule has 0 unspecified atom stereocenters. The number of fused-ring (bicyclic) bond motifs is 1. The molecular formula is C14H16N8O. The monoisotopic (exact) mass is 312 g/mol. The number of aromatic nitrogens is 6. The average molecular weight is 312 g/mol. The van der Waals surface area contributed by atoms with Crippen LogP contribution in [0.2, 0.25) is 0 Å². The van der Waals surface area contributed by atoms with Crippen LogP contribution in [-0.4, -0.2) is 54.4 Å². The van der Waals surface area contributed by atoms with Gasteiger partial charge in [0.15, 0.2) is 0 Å². The molecular weight excluding hydrogens is 296 g/mol. The maximum atomic E-state index is 12.1. The summed E-state index contributed by atoms with van der Waals surface area (Å²) in [6.45, 7) is 3.37. The Bertz CT molecular complexity index is 876. The molecule has 0 spiro atoms. The molecule has 4 heterocycles. The van der Waals surface area contributed by atoms with E-state index in [1.54, 1.807) is 28.5 Å². The molecule has 4 rings (SSSR count). The molecule has 0 atom stereocenters. The summed E-state index contributed by atoms with van der Waals surface area (Å²) in [4.78, 5) is 22.7. The minimum Gasteiger partial charge on any atom is -0.352 e. The van der Waals surface area contributed by atoms with Gasteiger partial charge in [-0.1, -0.05) is 0 Å². The highest BCUT2D eigenvalue weighted by molar-refractivity contribution is 5.92. The van der Waals surface area contributed by atoms with Crippen LogP contribution in [0.3, 0.4) is 0 Å². The van der Waals surface area contributed by atoms with Gasteiger partial charge in [0.1, 0.15) is 17.8 Å². The molecule has 1 fully saturated rings. The van der Waals surface area contributed by atoms with Crippen molar-refractivity contribution in [2.24, 2.45) is 7.05 Å². The van der Waals surface area contributed by atoms with Crippen molar-refractivity contribution in [2.45, 2.75) is 13.0 Å². The van der Waals surface area contributed by atoms with E-state index in [1.165, 1.54) is 6.33 Å². The van der Waals surface area contributed by atoms with Crippen LogP contribution in [0.4, 0.5) is 5.82 Å². The van der Waals surface area contributed by atoms with E-state index >= 15 is 0 Å². The van der Waals surface area contributed by atoms with Gasteiger partial charge in [0.25, 0.3) is 11.7 Å². The van der Waals surface area contributed by atoms with Crippen LogP contribution in [0.25, 0.3) is 5.78 Å². The van der Waals surface area contributed by atoms with Gasteiger partial charge in [-0.15, -0.1) is 0 Å². The zero-order valence-corrected chi connectivity index (χ0v) is 12.8. The smallest absolute Gasteiger partial charge is 0.272 e. The largest absolute Gasteiger partial charge is 0.352 e. The second-order valence-corrected chi connectivity index (χ2v) is 5.68. The lowest BCUT2D eigenvalue weighted by atomic mass is 10.1. The Morgan fingerprint density at radius 1 is 1.39 bits per heavy atom. The average Bonchev–Trinajstić information content (AvgIpc) is 3.10. The van der Waals surface area contributed by atoms with E-state index in [1.807, 2.05) is 13.0 Å². The van der Waals surface area contributed by atoms with Crippen LogP contribution >= 0.6 is 0 Å². The number of anilines is 1. The van der Waals surface area contributed by atoms with Crippen LogP contribution < -0.4 is 10.2 Å². The Hall–Kier alpha value is -2.97. The first-order valence-corrected chi connectivity index (χ1v) is 7.33. The Labute approximate surface area is 131 Å². The standard InChI is InChI=1S/C14H16N8O/c1-9-5-12(22-14(17-9)15-8-16-22)21-6-10(7-21)18-13(23)11-3-4-20(2)19-11/h3-5,8,10H,6-7H2,1-2H3,(H,18,23). The summed E-state index contributed by atoms with van der Waals surface area (Å²) >= 11 is 0. The summed E-state index contributed by atoms with van der Waals surface area (Å²) in [5.74, 6) is 1.38. The number of nitrogens with zero attached hydrogens (tertiary/aromatic N) is 7. The molecule has 1 amide bonds. The first-order valence-electron chi connectivity index (χ1n) is 7.33. The maximum absolute atomic E-state index is 12.1. The van der Waals surface area contributed by atoms with E-state index in [9.17, 15) is 4.79 Å². The highest BCUT2D eigenvalue weighted by atomic mass is 16.2. The Morgan fingerprint density at radius 2 is 2.22 bits per heavy atom. The predicted molar refractivity (Wildman–Crippen MR) is 82.2 cm³/mol. The summed E-state index contributed by atoms with van der Waals surface area (Å²) in [5.41, 5.74) is 1.32. The number of hydrogen-bond donors (Lipinski definition) is 1. The van der Waals surface area contributed by atoms with Gasteiger partial charge in [0.05, 0.1) is 6.04 Å². The summed E-state index contributed by atoms with van der Waals surface area (Å²) in [7, 11) is 1.79. The molecule has 1 saturated heterocycles. The van der Waals surface area contributed by atoms with Crippen molar-refractivity contribution in [2.75, 3.05) is 18.0 Å². The fraction of sp³-hybridized carbons (Fsp3) is 0.357. The molecule has 1 N–H and O–H groups in total. The number of rotatable bonds is 3. The molecule has 0 bridgehead atoms. The number of hydrogen-bond acceptors (Lipinski definition) is 6. The van der Waals surface area contributed by atoms with Crippen LogP contribution in [0.15, 0.2) is 24.7 Å². The topological polar surface area (TPSA) is 93.2 Å². The second kappa shape index (κ2) is 5.04. The van der Waals surface area contributed by atoms with Gasteiger partial charge >= 0.3 is 0 Å². The molecule has 0 saturated carbocycles. The van der Waals surface area contributed by atoms with Crippen molar-refractivity contribution in [1.82, 2.24) is 34.7 Å². The van der Waals surface area contributed by atoms with Crippen LogP contribution in [0.5, 0.6) is 0 Å². The number of carbonyl (C=O) groups excluding carboxylic acids is 1. The summed E-state index contributed by atoms with van der Waals surface area (Å²) in [6, 6.07) is 3.77. The van der Waals surface area contributed by atoms with Gasteiger partial charge in [0.2, 0.25) is 0 Å². The van der Waals surface area contributed by atoms with Crippen molar-refractivity contribution in [3.05, 3.63) is 36.0 Å². The van der Waals surface area contributed by atoms with E-state index in [0.29, 0.717) is 11.5 Å². The molecule has 23 heavy (non-hydrogen) atoms. The summed E-state index contributed by atoms with van der Waals surface area (Å²) in [6.07, 6.45) is 3.24. The third-order valence-electron chi connectivity index (χ3n) is 3.85. The molecule has 0 aliphatic carbocycles. The molecule has 9 heteroatoms. The Kier molecular flexibility index (Phi) is 3.00. The number of amides is 1. The van der Waals surface area contributed by atoms with Crippen LogP contribution in [-0.2, 0) is 7.05 Å². The van der Waals surface area contributed by atoms with E-state index in [0.717, 1.165) is 24.6 Å². The van der Waals surface area contributed by atoms with Crippen molar-refractivity contribution < 1.29 is 4.79 Å². The number of nitrogens with one attached hydrogen (secondary N) is 1. The normalized spacial score (nSPS) is 15.0. The molecule has 1 aliphatic rings. The molecule has 9 nitrogen and oxygen atoms in total. The maximum Gasteiger partial charge on any atom is 0.272 e. The Balaban J connectivity index is 1.45. The quantitative estimate of drug-likeness (QED) is 0.719. The van der Waals surface area contributed by atoms with Crippen molar-refractivity contribution in [3.8, 4) is 0 Å². The molecule has 0 radical (unpaired) electrons. The van der Waals surface area contributed by atoms with Gasteiger partial charge < -0.3 is 10.2 Å². The van der Waals surface area contributed by atoms with E-state index in [2.05, 4.69) is 30.4 Å². The minimum atomic E-state index is -0.146. The molecule has 0 aromatic carbocycles. The highest BCUT2D eigenvalue weighted by Gasteiger charge is 2.30. The van der Waals surface area contributed by atoms with E-state index in [4.69, 9.17) is 0 Å². The zero-order chi connectivity index (χ0) is 16.0. The van der Waals surface area contributed by atoms with E-state index < -0.39 is 0 Å². The van der Waals surface area contributed by atoms with Gasteiger partial charge in [0, 0.05) is 38.1 Å². The summed E-state index contributed by atoms with van der Waals surface area (Å²) in [5, 5.41) is 11.3. The van der Waals surface area contributed by atoms with E-state index in [-0.39, 0.29) is 11.9 Å². The Morgan fingerprint density at radius 3 is 2.96 bits per heavy atom. The third kappa shape index (κ3) is 2.39. The first-order chi connectivity index (χ1) is 11.1. The predicted octanol–water partition coefficient (Wildman–Crippen LogP) is -0.215. The van der Waals surface area contributed by atoms with Gasteiger partial charge in [-0.2, -0.15) is 19.7 Å². The third-order valence-corrected chi connectivity index (χ3v) is 3.85. The molecule has 3 aromatic rings. The zero-order valence-electron chi connectivity index (χ0n) is 12.8. The SMILES string of the molecule is Cc1cc(N2CC(NC(=O)c3ccn(C)n3)C2)n2ncnc2n1. The highest BCUT2D eigenvalue weighted by Crippen LogP contribution is 2.21. The number of aryl methyl sites for hydroxylation is 2. The second-order valence-electron chi connectivity index (χ2n) is 5.68. The lowest BCUT2D eigenvalue weighted by molar-refractivity contribution is 0.0924. The first kappa shape index (κ1) is 13.7. The van der Waals surface area contributed by atoms with Crippen LogP contribution in [0, 0.1) is 6.92 Å². The summed E-state index contributed by atoms with van der Waals surface area (Å²) < 4.78 is 3.33. The molecule has 3 aromatic heterocycles. The fourth-order valence-electron chi connectivity index (χ4n) is 2.69. The lowest BCUT2D eigenvalue weighted by Gasteiger charge is -2.40. The van der Waals surface area contributed by atoms with Crippen molar-refractivity contribution >= 4 is 17.5 Å². The van der Waals surface area contributed by atoms with Crippen molar-refractivity contribution in [3.63, 3.8) is 0 Å². The van der Waals surface area contributed by atoms with Crippen molar-refractivity contribution in [1.29, 1.82) is 0 Å². The fourth-order valence-corrected chi connectivity index (χ4v) is 2.69. The minimum absolute atomic E-state index is 0.0940. The molecule has 1 aliphatic heterocycles. The van der Waals surface area contributed by atoms with Gasteiger partial charge in [-0.25, -0.2) is 4.98 Å².